The molecule has 0 aliphatic heterocycles. The molecule has 0 bridgehead atoms. The van der Waals surface area contributed by atoms with E-state index in [1.165, 1.54) is 6.07 Å². The van der Waals surface area contributed by atoms with E-state index in [4.69, 9.17) is 0 Å². The number of rotatable bonds is 3. The largest absolute Gasteiger partial charge is 0.384 e. The number of benzene rings is 2. The standard InChI is InChI=1S/C14H12F2OS/c1-18-11-5-2-9(3-6-11)14(17)10-4-7-12(15)13(16)8-10/h2-8,14,17H,1H3. The molecule has 0 heterocycles. The lowest BCUT2D eigenvalue weighted by molar-refractivity contribution is 0.219. The van der Waals surface area contributed by atoms with Crippen LogP contribution >= 0.6 is 11.8 Å². The Morgan fingerprint density at radius 2 is 1.56 bits per heavy atom. The minimum absolute atomic E-state index is 0.339. The molecule has 0 amide bonds. The molecule has 0 aliphatic carbocycles. The van der Waals surface area contributed by atoms with Crippen molar-refractivity contribution in [3.63, 3.8) is 0 Å². The average Bonchev–Trinajstić information content (AvgIpc) is 2.41. The molecule has 0 radical (unpaired) electrons. The highest BCUT2D eigenvalue weighted by atomic mass is 32.2. The Hall–Kier alpha value is -1.39. The Bertz CT molecular complexity index is 540. The Kier molecular flexibility index (Phi) is 3.99. The maximum atomic E-state index is 13.1. The zero-order chi connectivity index (χ0) is 13.1. The molecule has 1 atom stereocenters. The molecule has 0 fully saturated rings. The summed E-state index contributed by atoms with van der Waals surface area (Å²) in [5.74, 6) is -1.86. The molecule has 2 aromatic carbocycles. The second-order valence-electron chi connectivity index (χ2n) is 3.85. The van der Waals surface area contributed by atoms with Crippen molar-refractivity contribution >= 4 is 11.8 Å². The van der Waals surface area contributed by atoms with Crippen LogP contribution in [0.2, 0.25) is 0 Å². The molecule has 1 nitrogen and oxygen atoms in total. The van der Waals surface area contributed by atoms with Crippen molar-refractivity contribution < 1.29 is 13.9 Å². The predicted octanol–water partition coefficient (Wildman–Crippen LogP) is 3.77. The highest BCUT2D eigenvalue weighted by Gasteiger charge is 2.12. The van der Waals surface area contributed by atoms with Crippen LogP contribution in [0.25, 0.3) is 0 Å². The van der Waals surface area contributed by atoms with Crippen molar-refractivity contribution in [3.8, 4) is 0 Å². The summed E-state index contributed by atoms with van der Waals surface area (Å²) in [4.78, 5) is 1.08. The fraction of sp³-hybridized carbons (Fsp3) is 0.143. The summed E-state index contributed by atoms with van der Waals surface area (Å²) in [5, 5.41) is 10.1. The van der Waals surface area contributed by atoms with Gasteiger partial charge >= 0.3 is 0 Å². The molecule has 0 aliphatic rings. The van der Waals surface area contributed by atoms with E-state index in [1.54, 1.807) is 23.9 Å². The molecule has 94 valence electrons. The fourth-order valence-corrected chi connectivity index (χ4v) is 2.07. The molecule has 18 heavy (non-hydrogen) atoms. The lowest BCUT2D eigenvalue weighted by Crippen LogP contribution is -2.00. The quantitative estimate of drug-likeness (QED) is 0.853. The van der Waals surface area contributed by atoms with Gasteiger partial charge in [0.1, 0.15) is 6.10 Å². The summed E-state index contributed by atoms with van der Waals surface area (Å²) in [6.07, 6.45) is 1.01. The molecule has 2 rings (SSSR count). The third-order valence-electron chi connectivity index (χ3n) is 2.69. The summed E-state index contributed by atoms with van der Waals surface area (Å²) in [6, 6.07) is 10.7. The number of hydrogen-bond donors (Lipinski definition) is 1. The molecular weight excluding hydrogens is 254 g/mol. The smallest absolute Gasteiger partial charge is 0.159 e. The van der Waals surface area contributed by atoms with E-state index in [1.807, 2.05) is 18.4 Å². The normalized spacial score (nSPS) is 12.4. The Morgan fingerprint density at radius 3 is 2.11 bits per heavy atom. The van der Waals surface area contributed by atoms with Crippen LogP contribution in [0.1, 0.15) is 17.2 Å². The lowest BCUT2D eigenvalue weighted by atomic mass is 10.0. The minimum atomic E-state index is -0.952. The molecule has 0 saturated carbocycles. The summed E-state index contributed by atoms with van der Waals surface area (Å²) in [7, 11) is 0. The molecule has 0 spiro atoms. The van der Waals surface area contributed by atoms with Gasteiger partial charge in [0.15, 0.2) is 11.6 Å². The van der Waals surface area contributed by atoms with Crippen LogP contribution in [0.15, 0.2) is 47.4 Å². The van der Waals surface area contributed by atoms with E-state index in [0.29, 0.717) is 11.1 Å². The number of halogens is 2. The number of thioether (sulfide) groups is 1. The number of aliphatic hydroxyl groups is 1. The van der Waals surface area contributed by atoms with E-state index in [-0.39, 0.29) is 0 Å². The van der Waals surface area contributed by atoms with Crippen LogP contribution in [-0.2, 0) is 0 Å². The van der Waals surface area contributed by atoms with Crippen molar-refractivity contribution in [3.05, 3.63) is 65.2 Å². The van der Waals surface area contributed by atoms with Gasteiger partial charge in [-0.3, -0.25) is 0 Å². The van der Waals surface area contributed by atoms with Crippen molar-refractivity contribution in [2.45, 2.75) is 11.0 Å². The number of hydrogen-bond acceptors (Lipinski definition) is 2. The second kappa shape index (κ2) is 5.50. The SMILES string of the molecule is CSc1ccc(C(O)c2ccc(F)c(F)c2)cc1. The van der Waals surface area contributed by atoms with Gasteiger partial charge in [-0.15, -0.1) is 11.8 Å². The fourth-order valence-electron chi connectivity index (χ4n) is 1.66. The highest BCUT2D eigenvalue weighted by molar-refractivity contribution is 7.98. The first-order valence-corrected chi connectivity index (χ1v) is 6.61. The van der Waals surface area contributed by atoms with E-state index >= 15 is 0 Å². The third-order valence-corrected chi connectivity index (χ3v) is 3.43. The van der Waals surface area contributed by atoms with Crippen LogP contribution in [0.5, 0.6) is 0 Å². The van der Waals surface area contributed by atoms with Gasteiger partial charge in [-0.05, 0) is 41.6 Å². The molecule has 4 heteroatoms. The van der Waals surface area contributed by atoms with Gasteiger partial charge in [-0.2, -0.15) is 0 Å². The second-order valence-corrected chi connectivity index (χ2v) is 4.73. The van der Waals surface area contributed by atoms with Gasteiger partial charge in [0.25, 0.3) is 0 Å². The number of aliphatic hydroxyl groups excluding tert-OH is 1. The summed E-state index contributed by atoms with van der Waals surface area (Å²) in [5.41, 5.74) is 0.990. The topological polar surface area (TPSA) is 20.2 Å². The van der Waals surface area contributed by atoms with Crippen LogP contribution < -0.4 is 0 Å². The maximum Gasteiger partial charge on any atom is 0.159 e. The predicted molar refractivity (Wildman–Crippen MR) is 68.6 cm³/mol. The zero-order valence-electron chi connectivity index (χ0n) is 9.73. The lowest BCUT2D eigenvalue weighted by Gasteiger charge is -2.12. The van der Waals surface area contributed by atoms with Crippen LogP contribution in [0.3, 0.4) is 0 Å². The molecule has 0 aromatic heterocycles. The summed E-state index contributed by atoms with van der Waals surface area (Å²) < 4.78 is 25.9. The molecule has 0 saturated heterocycles. The van der Waals surface area contributed by atoms with Crippen molar-refractivity contribution in [1.82, 2.24) is 0 Å². The van der Waals surface area contributed by atoms with Crippen molar-refractivity contribution in [2.24, 2.45) is 0 Å². The Balaban J connectivity index is 2.28. The molecular formula is C14H12F2OS. The Morgan fingerprint density at radius 1 is 0.944 bits per heavy atom. The van der Waals surface area contributed by atoms with Crippen molar-refractivity contribution in [2.75, 3.05) is 6.26 Å². The average molecular weight is 266 g/mol. The monoisotopic (exact) mass is 266 g/mol. The minimum Gasteiger partial charge on any atom is -0.384 e. The maximum absolute atomic E-state index is 13.1. The van der Waals surface area contributed by atoms with Gasteiger partial charge in [-0.1, -0.05) is 18.2 Å². The first-order chi connectivity index (χ1) is 8.61. The first-order valence-electron chi connectivity index (χ1n) is 5.39. The van der Waals surface area contributed by atoms with Gasteiger partial charge in [-0.25, -0.2) is 8.78 Å². The van der Waals surface area contributed by atoms with Gasteiger partial charge in [0.2, 0.25) is 0 Å². The van der Waals surface area contributed by atoms with Crippen LogP contribution in [0, 0.1) is 11.6 Å². The highest BCUT2D eigenvalue weighted by Crippen LogP contribution is 2.25. The van der Waals surface area contributed by atoms with E-state index < -0.39 is 17.7 Å². The van der Waals surface area contributed by atoms with Crippen LogP contribution in [0.4, 0.5) is 8.78 Å². The van der Waals surface area contributed by atoms with E-state index in [0.717, 1.165) is 17.0 Å². The van der Waals surface area contributed by atoms with Crippen LogP contribution in [-0.4, -0.2) is 11.4 Å². The molecule has 2 aromatic rings. The van der Waals surface area contributed by atoms with Gasteiger partial charge < -0.3 is 5.11 Å². The van der Waals surface area contributed by atoms with Gasteiger partial charge in [0.05, 0.1) is 0 Å². The van der Waals surface area contributed by atoms with E-state index in [9.17, 15) is 13.9 Å². The summed E-state index contributed by atoms with van der Waals surface area (Å²) in [6.45, 7) is 0. The first kappa shape index (κ1) is 13.1. The third kappa shape index (κ3) is 2.71. The van der Waals surface area contributed by atoms with E-state index in [2.05, 4.69) is 0 Å². The molecule has 1 N–H and O–H groups in total. The Labute approximate surface area is 108 Å². The van der Waals surface area contributed by atoms with Crippen molar-refractivity contribution in [1.29, 1.82) is 0 Å². The molecule has 1 unspecified atom stereocenters. The van der Waals surface area contributed by atoms with Gasteiger partial charge in [0, 0.05) is 4.90 Å². The summed E-state index contributed by atoms with van der Waals surface area (Å²) >= 11 is 1.60. The zero-order valence-corrected chi connectivity index (χ0v) is 10.5.